The highest BCUT2D eigenvalue weighted by atomic mass is 14.9. The second-order valence-corrected chi connectivity index (χ2v) is 2.26. The lowest BCUT2D eigenvalue weighted by molar-refractivity contribution is 0.946. The molecule has 0 unspecified atom stereocenters. The maximum atomic E-state index is 4.19. The maximum absolute atomic E-state index is 4.19. The average molecular weight is 132 g/mol. The van der Waals surface area contributed by atoms with Crippen molar-refractivity contribution in [2.75, 3.05) is 6.54 Å². The first kappa shape index (κ1) is 5.47. The van der Waals surface area contributed by atoms with Crippen LogP contribution in [0, 0.1) is 0 Å². The minimum absolute atomic E-state index is 0.902. The van der Waals surface area contributed by atoms with Crippen molar-refractivity contribution in [3.63, 3.8) is 0 Å². The molecule has 0 aromatic heterocycles. The van der Waals surface area contributed by atoms with Crippen LogP contribution < -0.4 is 10.3 Å². The van der Waals surface area contributed by atoms with Gasteiger partial charge in [0.1, 0.15) is 0 Å². The Morgan fingerprint density at radius 1 is 1.50 bits per heavy atom. The van der Waals surface area contributed by atoms with E-state index >= 15 is 0 Å². The molecule has 1 N–H and O–H groups in total. The Balaban J connectivity index is 2.43. The summed E-state index contributed by atoms with van der Waals surface area (Å²) in [7, 11) is 0. The molecular weight excluding hydrogens is 124 g/mol. The lowest BCUT2D eigenvalue weighted by Crippen LogP contribution is -2.23. The predicted molar refractivity (Wildman–Crippen MR) is 41.5 cm³/mol. The highest BCUT2D eigenvalue weighted by molar-refractivity contribution is 6.09. The van der Waals surface area contributed by atoms with Crippen molar-refractivity contribution in [2.24, 2.45) is 0 Å². The van der Waals surface area contributed by atoms with Crippen LogP contribution in [0.2, 0.25) is 0 Å². The maximum Gasteiger partial charge on any atom is 0.283 e. The second kappa shape index (κ2) is 2.14. The van der Waals surface area contributed by atoms with Gasteiger partial charge in [-0.05, 0) is 6.08 Å². The topological polar surface area (TPSA) is 26.1 Å². The van der Waals surface area contributed by atoms with E-state index < -0.39 is 0 Å². The van der Waals surface area contributed by atoms with Crippen molar-refractivity contribution in [3.8, 4) is 0 Å². The number of hydrogen-bond donors (Lipinski definition) is 1. The smallest absolute Gasteiger partial charge is 0.283 e. The van der Waals surface area contributed by atoms with Gasteiger partial charge in [0.25, 0.3) is 5.71 Å². The Kier molecular flexibility index (Phi) is 1.17. The predicted octanol–water partition coefficient (Wildman–Crippen LogP) is 0.334. The van der Waals surface area contributed by atoms with Gasteiger partial charge in [0.2, 0.25) is 6.20 Å². The van der Waals surface area contributed by atoms with Crippen LogP contribution in [0.25, 0.3) is 0 Å². The molecular formula is C8H8N2+. The van der Waals surface area contributed by atoms with Crippen molar-refractivity contribution in [2.45, 2.75) is 0 Å². The van der Waals surface area contributed by atoms with E-state index in [4.69, 9.17) is 0 Å². The molecule has 2 heterocycles. The Labute approximate surface area is 59.7 Å². The van der Waals surface area contributed by atoms with Crippen molar-refractivity contribution >= 4 is 5.71 Å². The van der Waals surface area contributed by atoms with Gasteiger partial charge in [-0.1, -0.05) is 0 Å². The Bertz CT molecular complexity index is 256. The molecule has 2 heteroatoms. The lowest BCUT2D eigenvalue weighted by Gasteiger charge is -2.06. The van der Waals surface area contributed by atoms with Gasteiger partial charge in [-0.15, -0.1) is 0 Å². The molecule has 1 radical (unpaired) electrons. The van der Waals surface area contributed by atoms with E-state index in [1.165, 1.54) is 5.57 Å². The first-order chi connectivity index (χ1) is 4.97. The van der Waals surface area contributed by atoms with Crippen LogP contribution in [0.4, 0.5) is 0 Å². The van der Waals surface area contributed by atoms with Crippen molar-refractivity contribution in [1.82, 2.24) is 10.3 Å². The molecule has 2 rings (SSSR count). The van der Waals surface area contributed by atoms with E-state index in [1.54, 1.807) is 0 Å². The molecule has 49 valence electrons. The first-order valence-corrected chi connectivity index (χ1v) is 3.30. The molecule has 0 aromatic rings. The minimum atomic E-state index is 0.902. The number of nitrogens with one attached hydrogen (secondary N) is 1. The highest BCUT2D eigenvalue weighted by Gasteiger charge is 2.17. The van der Waals surface area contributed by atoms with Crippen molar-refractivity contribution < 1.29 is 0 Å². The van der Waals surface area contributed by atoms with Crippen LogP contribution >= 0.6 is 0 Å². The van der Waals surface area contributed by atoms with Crippen molar-refractivity contribution in [3.05, 3.63) is 36.2 Å². The third-order valence-corrected chi connectivity index (χ3v) is 1.58. The third-order valence-electron chi connectivity index (χ3n) is 1.58. The van der Waals surface area contributed by atoms with Gasteiger partial charge in [0.15, 0.2) is 0 Å². The highest BCUT2D eigenvalue weighted by Crippen LogP contribution is 2.04. The van der Waals surface area contributed by atoms with E-state index in [2.05, 4.69) is 16.4 Å². The molecule has 0 atom stereocenters. The summed E-state index contributed by atoms with van der Waals surface area (Å²) in [6.45, 7) is 0.902. The Hall–Kier alpha value is -1.31. The second-order valence-electron chi connectivity index (χ2n) is 2.26. The number of hydrogen-bond acceptors (Lipinski definition) is 2. The molecule has 0 amide bonds. The van der Waals surface area contributed by atoms with Crippen LogP contribution in [0.1, 0.15) is 0 Å². The normalized spacial score (nSPS) is 20.8. The van der Waals surface area contributed by atoms with Gasteiger partial charge in [0.05, 0.1) is 10.6 Å². The monoisotopic (exact) mass is 132 g/mol. The van der Waals surface area contributed by atoms with E-state index in [0.717, 1.165) is 12.3 Å². The van der Waals surface area contributed by atoms with Gasteiger partial charge in [-0.3, -0.25) is 0 Å². The fourth-order valence-electron chi connectivity index (χ4n) is 1.06. The molecule has 2 nitrogen and oxygen atoms in total. The molecule has 10 heavy (non-hydrogen) atoms. The number of allylic oxidation sites excluding steroid dienone is 3. The van der Waals surface area contributed by atoms with Crippen LogP contribution in [0.15, 0.2) is 36.2 Å². The first-order valence-electron chi connectivity index (χ1n) is 3.30. The van der Waals surface area contributed by atoms with Crippen LogP contribution in [0.5, 0.6) is 0 Å². The summed E-state index contributed by atoms with van der Waals surface area (Å²) in [5.74, 6) is 0. The minimum Gasteiger partial charge on any atom is -0.386 e. The zero-order valence-electron chi connectivity index (χ0n) is 5.54. The largest absolute Gasteiger partial charge is 0.386 e. The number of fused-ring (bicyclic) bond motifs is 1. The van der Waals surface area contributed by atoms with Crippen LogP contribution in [-0.2, 0) is 0 Å². The summed E-state index contributed by atoms with van der Waals surface area (Å²) in [6.07, 6.45) is 9.77. The van der Waals surface area contributed by atoms with E-state index in [0.29, 0.717) is 0 Å². The molecule has 0 spiro atoms. The molecule has 0 saturated heterocycles. The fraction of sp³-hybridized carbons (Fsp3) is 0.125. The molecule has 0 bridgehead atoms. The number of rotatable bonds is 0. The molecule has 0 saturated carbocycles. The van der Waals surface area contributed by atoms with E-state index in [-0.39, 0.29) is 0 Å². The number of aliphatic imine (C=N–C) groups is 1. The van der Waals surface area contributed by atoms with E-state index in [1.807, 2.05) is 24.6 Å². The van der Waals surface area contributed by atoms with Gasteiger partial charge in [0, 0.05) is 24.9 Å². The standard InChI is InChI=1S/C8H8N2/c1-2-7-6-9-5-3-8(7)10-4-1/h1-5,9H,6H2/q+1. The molecule has 0 fully saturated rings. The lowest BCUT2D eigenvalue weighted by atomic mass is 10.1. The molecule has 2 aliphatic heterocycles. The van der Waals surface area contributed by atoms with Crippen LogP contribution in [0.3, 0.4) is 0 Å². The summed E-state index contributed by atoms with van der Waals surface area (Å²) >= 11 is 0. The fourth-order valence-corrected chi connectivity index (χ4v) is 1.06. The Morgan fingerprint density at radius 3 is 3.40 bits per heavy atom. The zero-order valence-corrected chi connectivity index (χ0v) is 5.54. The molecule has 2 aliphatic rings. The van der Waals surface area contributed by atoms with Gasteiger partial charge in [-0.2, -0.15) is 0 Å². The third kappa shape index (κ3) is 0.778. The summed E-state index contributed by atoms with van der Waals surface area (Å²) in [6, 6.07) is 0. The molecule has 0 aliphatic carbocycles. The van der Waals surface area contributed by atoms with Gasteiger partial charge in [-0.25, -0.2) is 0 Å². The Morgan fingerprint density at radius 2 is 2.50 bits per heavy atom. The van der Waals surface area contributed by atoms with Gasteiger partial charge < -0.3 is 5.32 Å². The summed E-state index contributed by atoms with van der Waals surface area (Å²) in [5.41, 5.74) is 2.35. The van der Waals surface area contributed by atoms with Crippen molar-refractivity contribution in [1.29, 1.82) is 0 Å². The van der Waals surface area contributed by atoms with Crippen LogP contribution in [-0.4, -0.2) is 12.3 Å². The average Bonchev–Trinajstić information content (AvgIpc) is 2.05. The van der Waals surface area contributed by atoms with E-state index in [9.17, 15) is 0 Å². The number of nitrogens with zero attached hydrogens (tertiary/aromatic N) is 1. The SMILES string of the molecule is C1=C[N+]=C2C=CNCC2=C1. The zero-order chi connectivity index (χ0) is 6.81. The summed E-state index contributed by atoms with van der Waals surface area (Å²) in [4.78, 5) is 4.19. The summed E-state index contributed by atoms with van der Waals surface area (Å²) < 4.78 is 0. The quantitative estimate of drug-likeness (QED) is 0.505. The summed E-state index contributed by atoms with van der Waals surface area (Å²) in [5, 5.41) is 3.12. The van der Waals surface area contributed by atoms with Gasteiger partial charge >= 0.3 is 0 Å². The molecule has 0 aromatic carbocycles.